The quantitative estimate of drug-likeness (QED) is 0.323. The molecule has 0 amide bonds. The van der Waals surface area contributed by atoms with Gasteiger partial charge in [-0.25, -0.2) is 0 Å². The molecule has 0 aromatic heterocycles. The Hall–Kier alpha value is -3.43. The number of benzene rings is 4. The molecule has 4 aromatic rings. The third kappa shape index (κ3) is 4.29. The van der Waals surface area contributed by atoms with Crippen LogP contribution in [0.2, 0.25) is 0 Å². The van der Waals surface area contributed by atoms with Crippen molar-refractivity contribution in [1.82, 2.24) is 0 Å². The lowest BCUT2D eigenvalue weighted by molar-refractivity contribution is 0.294. The Kier molecular flexibility index (Phi) is 5.97. The van der Waals surface area contributed by atoms with Gasteiger partial charge >= 0.3 is 0 Å². The molecule has 1 aliphatic rings. The molecule has 4 aromatic carbocycles. The molecule has 1 heterocycles. The lowest BCUT2D eigenvalue weighted by Crippen LogP contribution is -2.37. The smallest absolute Gasteiger partial charge is 0.127 e. The number of aryl methyl sites for hydroxylation is 1. The van der Waals surface area contributed by atoms with Gasteiger partial charge in [-0.3, -0.25) is 0 Å². The summed E-state index contributed by atoms with van der Waals surface area (Å²) in [7, 11) is 0. The fourth-order valence-corrected chi connectivity index (χ4v) is 5.18. The van der Waals surface area contributed by atoms with Gasteiger partial charge in [-0.05, 0) is 61.4 Å². The molecule has 5 rings (SSSR count). The van der Waals surface area contributed by atoms with Crippen molar-refractivity contribution in [3.05, 3.63) is 131 Å². The SMILES string of the molecule is CCOC1=CC(c2ccccc2)(c2ccccc2)Nc2ccc(Sc3ccc(C)cc3)cc21. The highest BCUT2D eigenvalue weighted by atomic mass is 32.2. The first-order valence-electron chi connectivity index (χ1n) is 11.3. The van der Waals surface area contributed by atoms with Crippen LogP contribution in [0.4, 0.5) is 5.69 Å². The van der Waals surface area contributed by atoms with E-state index >= 15 is 0 Å². The van der Waals surface area contributed by atoms with Gasteiger partial charge in [0.25, 0.3) is 0 Å². The van der Waals surface area contributed by atoms with E-state index in [1.54, 1.807) is 11.8 Å². The van der Waals surface area contributed by atoms with E-state index < -0.39 is 5.54 Å². The van der Waals surface area contributed by atoms with E-state index in [2.05, 4.69) is 121 Å². The van der Waals surface area contributed by atoms with Crippen LogP contribution in [0.25, 0.3) is 5.76 Å². The molecule has 33 heavy (non-hydrogen) atoms. The second-order valence-electron chi connectivity index (χ2n) is 8.23. The number of anilines is 1. The Morgan fingerprint density at radius 3 is 1.97 bits per heavy atom. The lowest BCUT2D eigenvalue weighted by Gasteiger charge is -2.39. The van der Waals surface area contributed by atoms with Crippen LogP contribution >= 0.6 is 11.8 Å². The number of ether oxygens (including phenoxy) is 1. The summed E-state index contributed by atoms with van der Waals surface area (Å²) in [6.07, 6.45) is 2.24. The maximum absolute atomic E-state index is 6.24. The number of fused-ring (bicyclic) bond motifs is 1. The summed E-state index contributed by atoms with van der Waals surface area (Å²) >= 11 is 1.77. The summed E-state index contributed by atoms with van der Waals surface area (Å²) in [4.78, 5) is 2.42. The van der Waals surface area contributed by atoms with E-state index in [1.165, 1.54) is 26.5 Å². The molecule has 0 saturated carbocycles. The maximum Gasteiger partial charge on any atom is 0.127 e. The molecule has 1 aliphatic heterocycles. The van der Waals surface area contributed by atoms with E-state index in [9.17, 15) is 0 Å². The van der Waals surface area contributed by atoms with Crippen molar-refractivity contribution in [2.24, 2.45) is 0 Å². The molecule has 164 valence electrons. The van der Waals surface area contributed by atoms with Gasteiger partial charge in [0.05, 0.1) is 6.61 Å². The van der Waals surface area contributed by atoms with Crippen LogP contribution in [0.15, 0.2) is 119 Å². The molecular formula is C30H27NOS. The van der Waals surface area contributed by atoms with E-state index in [1.807, 2.05) is 6.92 Å². The van der Waals surface area contributed by atoms with Crippen molar-refractivity contribution in [1.29, 1.82) is 0 Å². The summed E-state index contributed by atoms with van der Waals surface area (Å²) in [6, 6.07) is 36.4. The minimum Gasteiger partial charge on any atom is -0.493 e. The van der Waals surface area contributed by atoms with Gasteiger partial charge < -0.3 is 10.1 Å². The van der Waals surface area contributed by atoms with Crippen LogP contribution in [-0.2, 0) is 10.3 Å². The topological polar surface area (TPSA) is 21.3 Å². The van der Waals surface area contributed by atoms with Gasteiger partial charge in [0.2, 0.25) is 0 Å². The molecular weight excluding hydrogens is 422 g/mol. The zero-order chi connectivity index (χ0) is 22.7. The minimum atomic E-state index is -0.508. The van der Waals surface area contributed by atoms with Gasteiger partial charge in [-0.1, -0.05) is 90.1 Å². The average Bonchev–Trinajstić information content (AvgIpc) is 2.87. The molecule has 0 unspecified atom stereocenters. The minimum absolute atomic E-state index is 0.508. The van der Waals surface area contributed by atoms with Crippen LogP contribution < -0.4 is 5.32 Å². The Morgan fingerprint density at radius 2 is 1.36 bits per heavy atom. The first kappa shape index (κ1) is 21.4. The highest BCUT2D eigenvalue weighted by molar-refractivity contribution is 7.99. The number of nitrogens with one attached hydrogen (secondary N) is 1. The Morgan fingerprint density at radius 1 is 0.758 bits per heavy atom. The molecule has 0 atom stereocenters. The number of rotatable bonds is 6. The van der Waals surface area contributed by atoms with E-state index in [-0.39, 0.29) is 0 Å². The maximum atomic E-state index is 6.24. The van der Waals surface area contributed by atoms with Crippen molar-refractivity contribution in [3.63, 3.8) is 0 Å². The first-order chi connectivity index (χ1) is 16.2. The Labute approximate surface area is 200 Å². The zero-order valence-corrected chi connectivity index (χ0v) is 19.7. The monoisotopic (exact) mass is 449 g/mol. The highest BCUT2D eigenvalue weighted by Crippen LogP contribution is 2.45. The van der Waals surface area contributed by atoms with Gasteiger partial charge in [0, 0.05) is 21.0 Å². The van der Waals surface area contributed by atoms with Crippen LogP contribution in [-0.4, -0.2) is 6.61 Å². The van der Waals surface area contributed by atoms with Gasteiger partial charge in [-0.2, -0.15) is 0 Å². The van der Waals surface area contributed by atoms with E-state index in [4.69, 9.17) is 4.74 Å². The molecule has 0 bridgehead atoms. The van der Waals surface area contributed by atoms with Gasteiger partial charge in [0.1, 0.15) is 11.3 Å². The van der Waals surface area contributed by atoms with Crippen molar-refractivity contribution < 1.29 is 4.74 Å². The molecule has 0 fully saturated rings. The Balaban J connectivity index is 1.61. The molecule has 2 nitrogen and oxygen atoms in total. The third-order valence-electron chi connectivity index (χ3n) is 5.95. The summed E-state index contributed by atoms with van der Waals surface area (Å²) in [5.74, 6) is 0.908. The first-order valence-corrected chi connectivity index (χ1v) is 12.1. The standard InChI is InChI=1S/C30H27NOS/c1-3-32-29-21-30(23-10-6-4-7-11-23,24-12-8-5-9-13-24)31-28-19-18-26(20-27(28)29)33-25-16-14-22(2)15-17-25/h4-21,31H,3H2,1-2H3. The van der Waals surface area contributed by atoms with Gasteiger partial charge in [-0.15, -0.1) is 0 Å². The molecule has 1 N–H and O–H groups in total. The van der Waals surface area contributed by atoms with Crippen molar-refractivity contribution >= 4 is 23.2 Å². The summed E-state index contributed by atoms with van der Waals surface area (Å²) in [5.41, 5.74) is 5.28. The molecule has 3 heteroatoms. The summed E-state index contributed by atoms with van der Waals surface area (Å²) < 4.78 is 6.24. The lowest BCUT2D eigenvalue weighted by atomic mass is 9.79. The van der Waals surface area contributed by atoms with Crippen molar-refractivity contribution in [2.75, 3.05) is 11.9 Å². The van der Waals surface area contributed by atoms with Crippen LogP contribution in [0, 0.1) is 6.92 Å². The largest absolute Gasteiger partial charge is 0.493 e. The van der Waals surface area contributed by atoms with E-state index in [0.29, 0.717) is 6.61 Å². The normalized spacial score (nSPS) is 14.1. The van der Waals surface area contributed by atoms with E-state index in [0.717, 1.165) is 17.0 Å². The number of hydrogen-bond acceptors (Lipinski definition) is 3. The predicted molar refractivity (Wildman–Crippen MR) is 139 cm³/mol. The fraction of sp³-hybridized carbons (Fsp3) is 0.133. The molecule has 0 aliphatic carbocycles. The summed E-state index contributed by atoms with van der Waals surface area (Å²) in [5, 5.41) is 3.86. The Bertz CT molecular complexity index is 1220. The predicted octanol–water partition coefficient (Wildman–Crippen LogP) is 7.89. The van der Waals surface area contributed by atoms with Crippen LogP contribution in [0.3, 0.4) is 0 Å². The highest BCUT2D eigenvalue weighted by Gasteiger charge is 2.37. The fourth-order valence-electron chi connectivity index (χ4n) is 4.32. The molecule has 0 saturated heterocycles. The second kappa shape index (κ2) is 9.21. The third-order valence-corrected chi connectivity index (χ3v) is 6.95. The average molecular weight is 450 g/mol. The zero-order valence-electron chi connectivity index (χ0n) is 18.9. The second-order valence-corrected chi connectivity index (χ2v) is 9.38. The van der Waals surface area contributed by atoms with Crippen LogP contribution in [0.5, 0.6) is 0 Å². The van der Waals surface area contributed by atoms with Crippen LogP contribution in [0.1, 0.15) is 29.2 Å². The molecule has 0 spiro atoms. The van der Waals surface area contributed by atoms with Crippen molar-refractivity contribution in [2.45, 2.75) is 29.2 Å². The molecule has 0 radical (unpaired) electrons. The summed E-state index contributed by atoms with van der Waals surface area (Å²) in [6.45, 7) is 4.77. The van der Waals surface area contributed by atoms with Gasteiger partial charge in [0.15, 0.2) is 0 Å². The van der Waals surface area contributed by atoms with Crippen molar-refractivity contribution in [3.8, 4) is 0 Å². The number of hydrogen-bond donors (Lipinski definition) is 1.